The zero-order chi connectivity index (χ0) is 18.4. The Morgan fingerprint density at radius 2 is 1.80 bits per heavy atom. The topological polar surface area (TPSA) is 75.3 Å². The molecule has 0 saturated carbocycles. The van der Waals surface area contributed by atoms with Crippen molar-refractivity contribution < 1.29 is 17.6 Å². The van der Waals surface area contributed by atoms with Crippen molar-refractivity contribution in [2.45, 2.75) is 37.6 Å². The van der Waals surface area contributed by atoms with Crippen molar-refractivity contribution in [1.29, 1.82) is 0 Å². The summed E-state index contributed by atoms with van der Waals surface area (Å²) >= 11 is 0. The normalized spacial score (nSPS) is 11.5. The SMILES string of the molecule is CC(C)NS(=O)(=O)c1ccc(NC(=O)CCc2cccc(F)c2)cc1. The third kappa shape index (κ3) is 5.95. The predicted octanol–water partition coefficient (Wildman–Crippen LogP) is 3.08. The standard InChI is InChI=1S/C18H21FN2O3S/c1-13(2)21-25(23,24)17-9-7-16(8-10-17)20-18(22)11-6-14-4-3-5-15(19)12-14/h3-5,7-10,12-13,21H,6,11H2,1-2H3,(H,20,22). The van der Waals surface area contributed by atoms with Crippen molar-refractivity contribution >= 4 is 21.6 Å². The van der Waals surface area contributed by atoms with Gasteiger partial charge in [-0.1, -0.05) is 12.1 Å². The molecule has 0 unspecified atom stereocenters. The van der Waals surface area contributed by atoms with E-state index in [9.17, 15) is 17.6 Å². The smallest absolute Gasteiger partial charge is 0.240 e. The number of aryl methyl sites for hydroxylation is 1. The van der Waals surface area contributed by atoms with Crippen LogP contribution >= 0.6 is 0 Å². The third-order valence-corrected chi connectivity index (χ3v) is 5.04. The summed E-state index contributed by atoms with van der Waals surface area (Å²) in [5.41, 5.74) is 1.25. The van der Waals surface area contributed by atoms with Gasteiger partial charge in [0.15, 0.2) is 0 Å². The fourth-order valence-electron chi connectivity index (χ4n) is 2.27. The van der Waals surface area contributed by atoms with Crippen molar-refractivity contribution in [3.8, 4) is 0 Å². The predicted molar refractivity (Wildman–Crippen MR) is 95.3 cm³/mol. The molecule has 0 heterocycles. The van der Waals surface area contributed by atoms with Gasteiger partial charge in [-0.2, -0.15) is 0 Å². The molecule has 2 rings (SSSR count). The molecular weight excluding hydrogens is 343 g/mol. The molecule has 0 aromatic heterocycles. The molecule has 2 aromatic carbocycles. The van der Waals surface area contributed by atoms with Crippen LogP contribution in [0.2, 0.25) is 0 Å². The maximum absolute atomic E-state index is 13.1. The van der Waals surface area contributed by atoms with Gasteiger partial charge in [-0.3, -0.25) is 4.79 Å². The summed E-state index contributed by atoms with van der Waals surface area (Å²) in [4.78, 5) is 12.1. The van der Waals surface area contributed by atoms with E-state index in [1.165, 1.54) is 36.4 Å². The van der Waals surface area contributed by atoms with Crippen LogP contribution in [-0.2, 0) is 21.2 Å². The van der Waals surface area contributed by atoms with Crippen LogP contribution in [-0.4, -0.2) is 20.4 Å². The fourth-order valence-corrected chi connectivity index (χ4v) is 3.52. The maximum atomic E-state index is 13.1. The minimum Gasteiger partial charge on any atom is -0.326 e. The highest BCUT2D eigenvalue weighted by Gasteiger charge is 2.15. The van der Waals surface area contributed by atoms with Crippen LogP contribution in [0.5, 0.6) is 0 Å². The van der Waals surface area contributed by atoms with E-state index in [2.05, 4.69) is 10.0 Å². The maximum Gasteiger partial charge on any atom is 0.240 e. The van der Waals surface area contributed by atoms with Crippen LogP contribution in [0.25, 0.3) is 0 Å². The van der Waals surface area contributed by atoms with Gasteiger partial charge in [-0.05, 0) is 62.2 Å². The molecule has 134 valence electrons. The van der Waals surface area contributed by atoms with Gasteiger partial charge in [0, 0.05) is 18.2 Å². The van der Waals surface area contributed by atoms with Crippen LogP contribution in [0.3, 0.4) is 0 Å². The molecule has 0 fully saturated rings. The van der Waals surface area contributed by atoms with E-state index in [1.54, 1.807) is 26.0 Å². The molecule has 2 N–H and O–H groups in total. The minimum absolute atomic E-state index is 0.138. The zero-order valence-corrected chi connectivity index (χ0v) is 14.9. The third-order valence-electron chi connectivity index (χ3n) is 3.37. The van der Waals surface area contributed by atoms with Crippen molar-refractivity contribution in [1.82, 2.24) is 4.72 Å². The highest BCUT2D eigenvalue weighted by atomic mass is 32.2. The number of halogens is 1. The van der Waals surface area contributed by atoms with Gasteiger partial charge >= 0.3 is 0 Å². The summed E-state index contributed by atoms with van der Waals surface area (Å²) in [6.07, 6.45) is 0.632. The monoisotopic (exact) mass is 364 g/mol. The number of sulfonamides is 1. The molecule has 5 nitrogen and oxygen atoms in total. The molecule has 1 amide bonds. The number of benzene rings is 2. The number of hydrogen-bond donors (Lipinski definition) is 2. The minimum atomic E-state index is -3.55. The molecule has 0 aliphatic rings. The van der Waals surface area contributed by atoms with E-state index in [0.29, 0.717) is 12.1 Å². The second-order valence-electron chi connectivity index (χ2n) is 5.98. The Hall–Kier alpha value is -2.25. The number of nitrogens with one attached hydrogen (secondary N) is 2. The lowest BCUT2D eigenvalue weighted by Gasteiger charge is -2.10. The zero-order valence-electron chi connectivity index (χ0n) is 14.1. The van der Waals surface area contributed by atoms with Gasteiger partial charge in [-0.25, -0.2) is 17.5 Å². The Kier molecular flexibility index (Phi) is 6.27. The Morgan fingerprint density at radius 3 is 2.40 bits per heavy atom. The number of anilines is 1. The molecule has 25 heavy (non-hydrogen) atoms. The van der Waals surface area contributed by atoms with Gasteiger partial charge in [0.05, 0.1) is 4.90 Å². The summed E-state index contributed by atoms with van der Waals surface area (Å²) in [6, 6.07) is 11.9. The summed E-state index contributed by atoms with van der Waals surface area (Å²) < 4.78 is 39.7. The first kappa shape index (κ1) is 19.1. The summed E-state index contributed by atoms with van der Waals surface area (Å²) in [5, 5.41) is 2.70. The van der Waals surface area contributed by atoms with E-state index >= 15 is 0 Å². The summed E-state index contributed by atoms with van der Waals surface area (Å²) in [6.45, 7) is 3.48. The number of hydrogen-bond acceptors (Lipinski definition) is 3. The number of rotatable bonds is 7. The van der Waals surface area contributed by atoms with Crippen molar-refractivity contribution in [2.75, 3.05) is 5.32 Å². The first-order valence-electron chi connectivity index (χ1n) is 7.93. The average Bonchev–Trinajstić information content (AvgIpc) is 2.52. The van der Waals surface area contributed by atoms with E-state index in [0.717, 1.165) is 5.56 Å². The number of amides is 1. The van der Waals surface area contributed by atoms with Gasteiger partial charge in [0.25, 0.3) is 0 Å². The molecule has 7 heteroatoms. The van der Waals surface area contributed by atoms with Gasteiger partial charge < -0.3 is 5.32 Å². The van der Waals surface area contributed by atoms with E-state index in [-0.39, 0.29) is 29.1 Å². The number of carbonyl (C=O) groups excluding carboxylic acids is 1. The molecular formula is C18H21FN2O3S. The lowest BCUT2D eigenvalue weighted by atomic mass is 10.1. The van der Waals surface area contributed by atoms with E-state index < -0.39 is 10.0 Å². The molecule has 0 radical (unpaired) electrons. The van der Waals surface area contributed by atoms with Crippen LogP contribution < -0.4 is 10.0 Å². The van der Waals surface area contributed by atoms with Gasteiger partial charge in [0.2, 0.25) is 15.9 Å². The first-order valence-corrected chi connectivity index (χ1v) is 9.41. The average molecular weight is 364 g/mol. The second-order valence-corrected chi connectivity index (χ2v) is 7.69. The first-order chi connectivity index (χ1) is 11.8. The van der Waals surface area contributed by atoms with Gasteiger partial charge in [-0.15, -0.1) is 0 Å². The molecule has 0 aliphatic carbocycles. The van der Waals surface area contributed by atoms with Crippen LogP contribution in [0.4, 0.5) is 10.1 Å². The quantitative estimate of drug-likeness (QED) is 0.793. The van der Waals surface area contributed by atoms with Crippen molar-refractivity contribution in [3.05, 3.63) is 59.9 Å². The largest absolute Gasteiger partial charge is 0.326 e. The summed E-state index contributed by atoms with van der Waals surface area (Å²) in [5.74, 6) is -0.551. The second kappa shape index (κ2) is 8.22. The van der Waals surface area contributed by atoms with Gasteiger partial charge in [0.1, 0.15) is 5.82 Å². The van der Waals surface area contributed by atoms with Crippen molar-refractivity contribution in [2.24, 2.45) is 0 Å². The number of carbonyl (C=O) groups is 1. The Labute approximate surface area is 147 Å². The molecule has 0 bridgehead atoms. The molecule has 0 aliphatic heterocycles. The fraction of sp³-hybridized carbons (Fsp3) is 0.278. The Balaban J connectivity index is 1.93. The summed E-state index contributed by atoms with van der Waals surface area (Å²) in [7, 11) is -3.55. The highest BCUT2D eigenvalue weighted by molar-refractivity contribution is 7.89. The van der Waals surface area contributed by atoms with E-state index in [1.807, 2.05) is 0 Å². The van der Waals surface area contributed by atoms with Crippen LogP contribution in [0, 0.1) is 5.82 Å². The van der Waals surface area contributed by atoms with Crippen molar-refractivity contribution in [3.63, 3.8) is 0 Å². The lowest BCUT2D eigenvalue weighted by molar-refractivity contribution is -0.116. The van der Waals surface area contributed by atoms with E-state index in [4.69, 9.17) is 0 Å². The Morgan fingerprint density at radius 1 is 1.12 bits per heavy atom. The molecule has 0 saturated heterocycles. The van der Waals surface area contributed by atoms with Crippen LogP contribution in [0.15, 0.2) is 53.4 Å². The lowest BCUT2D eigenvalue weighted by Crippen LogP contribution is -2.30. The highest BCUT2D eigenvalue weighted by Crippen LogP contribution is 2.15. The molecule has 0 atom stereocenters. The molecule has 2 aromatic rings. The molecule has 0 spiro atoms. The van der Waals surface area contributed by atoms with Crippen LogP contribution in [0.1, 0.15) is 25.8 Å². The Bertz CT molecular complexity index is 834.